The number of hydrogen-bond acceptors (Lipinski definition) is 4. The summed E-state index contributed by atoms with van der Waals surface area (Å²) in [6.45, 7) is 4.18. The maximum atomic E-state index is 13.0. The van der Waals surface area contributed by atoms with E-state index in [1.54, 1.807) is 13.0 Å². The molecule has 0 aromatic heterocycles. The van der Waals surface area contributed by atoms with Crippen molar-refractivity contribution in [1.82, 2.24) is 4.31 Å². The molecule has 0 radical (unpaired) electrons. The lowest BCUT2D eigenvalue weighted by atomic mass is 10.0. The van der Waals surface area contributed by atoms with Gasteiger partial charge in [-0.3, -0.25) is 0 Å². The molecule has 21 heavy (non-hydrogen) atoms. The Morgan fingerprint density at radius 2 is 2.05 bits per heavy atom. The van der Waals surface area contributed by atoms with E-state index in [0.717, 1.165) is 24.8 Å². The maximum absolute atomic E-state index is 13.0. The van der Waals surface area contributed by atoms with Crippen LogP contribution in [0.2, 0.25) is 0 Å². The van der Waals surface area contributed by atoms with Gasteiger partial charge in [0.1, 0.15) is 4.90 Å². The van der Waals surface area contributed by atoms with Gasteiger partial charge in [-0.25, -0.2) is 8.42 Å². The van der Waals surface area contributed by atoms with E-state index in [4.69, 9.17) is 5.73 Å². The van der Waals surface area contributed by atoms with Crippen molar-refractivity contribution >= 4 is 15.7 Å². The molecule has 1 aromatic carbocycles. The largest absolute Gasteiger partial charge is 0.398 e. The highest BCUT2D eigenvalue weighted by molar-refractivity contribution is 7.89. The first-order chi connectivity index (χ1) is 9.89. The molecule has 0 saturated carbocycles. The first-order valence-corrected chi connectivity index (χ1v) is 8.82. The van der Waals surface area contributed by atoms with Gasteiger partial charge in [-0.05, 0) is 50.3 Å². The van der Waals surface area contributed by atoms with Crippen LogP contribution in [0.4, 0.5) is 5.69 Å². The summed E-state index contributed by atoms with van der Waals surface area (Å²) in [6.07, 6.45) is 3.12. The number of benzene rings is 1. The third kappa shape index (κ3) is 3.07. The summed E-state index contributed by atoms with van der Waals surface area (Å²) in [6, 6.07) is 3.36. The van der Waals surface area contributed by atoms with Crippen LogP contribution in [-0.4, -0.2) is 37.0 Å². The molecule has 1 fully saturated rings. The Bertz CT molecular complexity index is 612. The second kappa shape index (κ2) is 6.34. The van der Waals surface area contributed by atoms with E-state index in [2.05, 4.69) is 0 Å². The first kappa shape index (κ1) is 16.3. The van der Waals surface area contributed by atoms with E-state index >= 15 is 0 Å². The van der Waals surface area contributed by atoms with E-state index < -0.39 is 10.0 Å². The van der Waals surface area contributed by atoms with E-state index in [0.29, 0.717) is 24.2 Å². The number of rotatable bonds is 4. The first-order valence-electron chi connectivity index (χ1n) is 7.38. The van der Waals surface area contributed by atoms with Crippen molar-refractivity contribution in [3.05, 3.63) is 23.3 Å². The Morgan fingerprint density at radius 1 is 1.33 bits per heavy atom. The Morgan fingerprint density at radius 3 is 2.71 bits per heavy atom. The number of nitrogen functional groups attached to an aromatic ring is 1. The van der Waals surface area contributed by atoms with E-state index in [9.17, 15) is 13.5 Å². The van der Waals surface area contributed by atoms with Crippen molar-refractivity contribution in [2.24, 2.45) is 0 Å². The van der Waals surface area contributed by atoms with E-state index in [1.807, 2.05) is 13.0 Å². The number of hydrogen-bond donors (Lipinski definition) is 2. The highest BCUT2D eigenvalue weighted by atomic mass is 32.2. The minimum Gasteiger partial charge on any atom is -0.398 e. The molecular formula is C15H24N2O3S. The van der Waals surface area contributed by atoms with Crippen LogP contribution < -0.4 is 5.73 Å². The van der Waals surface area contributed by atoms with Crippen molar-refractivity contribution in [3.8, 4) is 0 Å². The lowest BCUT2D eigenvalue weighted by Crippen LogP contribution is -2.44. The second-order valence-corrected chi connectivity index (χ2v) is 7.53. The van der Waals surface area contributed by atoms with Gasteiger partial charge >= 0.3 is 0 Å². The van der Waals surface area contributed by atoms with Gasteiger partial charge in [-0.1, -0.05) is 12.5 Å². The lowest BCUT2D eigenvalue weighted by Gasteiger charge is -2.35. The van der Waals surface area contributed by atoms with E-state index in [1.165, 1.54) is 4.31 Å². The van der Waals surface area contributed by atoms with E-state index in [-0.39, 0.29) is 17.5 Å². The zero-order chi connectivity index (χ0) is 15.6. The zero-order valence-electron chi connectivity index (χ0n) is 12.7. The van der Waals surface area contributed by atoms with Gasteiger partial charge in [0.25, 0.3) is 0 Å². The quantitative estimate of drug-likeness (QED) is 0.831. The van der Waals surface area contributed by atoms with Crippen LogP contribution in [0.15, 0.2) is 17.0 Å². The Balaban J connectivity index is 2.48. The minimum atomic E-state index is -3.62. The molecule has 2 rings (SSSR count). The van der Waals surface area contributed by atoms with Gasteiger partial charge in [0.15, 0.2) is 0 Å². The fourth-order valence-electron chi connectivity index (χ4n) is 3.00. The third-order valence-corrected chi connectivity index (χ3v) is 6.47. The van der Waals surface area contributed by atoms with Crippen molar-refractivity contribution in [1.29, 1.82) is 0 Å². The van der Waals surface area contributed by atoms with Crippen molar-refractivity contribution < 1.29 is 13.5 Å². The van der Waals surface area contributed by atoms with Gasteiger partial charge in [-0.2, -0.15) is 4.31 Å². The summed E-state index contributed by atoms with van der Waals surface area (Å²) >= 11 is 0. The number of nitrogens with zero attached hydrogens (tertiary/aromatic N) is 1. The molecule has 0 amide bonds. The van der Waals surface area contributed by atoms with Crippen LogP contribution in [0.5, 0.6) is 0 Å². The minimum absolute atomic E-state index is 0.00102. The Kier molecular flexibility index (Phi) is 4.91. The molecule has 118 valence electrons. The summed E-state index contributed by atoms with van der Waals surface area (Å²) < 4.78 is 27.6. The number of anilines is 1. The highest BCUT2D eigenvalue weighted by Crippen LogP contribution is 2.32. The van der Waals surface area contributed by atoms with Crippen LogP contribution in [0.1, 0.15) is 36.8 Å². The standard InChI is InChI=1S/C15H24N2O3S/c1-11-6-7-14(16)15(12(11)2)21(19,20)17-9-4-3-5-13(17)8-10-18/h6-7,13,18H,3-5,8-10,16H2,1-2H3. The molecule has 3 N–H and O–H groups in total. The van der Waals surface area contributed by atoms with Gasteiger partial charge in [-0.15, -0.1) is 0 Å². The Labute approximate surface area is 126 Å². The predicted molar refractivity (Wildman–Crippen MR) is 83.6 cm³/mol. The van der Waals surface area contributed by atoms with Crippen molar-refractivity contribution in [3.63, 3.8) is 0 Å². The number of aryl methyl sites for hydroxylation is 1. The highest BCUT2D eigenvalue weighted by Gasteiger charge is 2.35. The third-order valence-electron chi connectivity index (χ3n) is 4.31. The molecule has 1 saturated heterocycles. The van der Waals surface area contributed by atoms with Crippen molar-refractivity contribution in [2.75, 3.05) is 18.9 Å². The lowest BCUT2D eigenvalue weighted by molar-refractivity contribution is 0.192. The number of piperidine rings is 1. The topological polar surface area (TPSA) is 83.6 Å². The summed E-state index contributed by atoms with van der Waals surface area (Å²) in [4.78, 5) is 0.229. The molecule has 0 aliphatic carbocycles. The summed E-state index contributed by atoms with van der Waals surface area (Å²) in [7, 11) is -3.62. The van der Waals surface area contributed by atoms with Crippen LogP contribution in [0, 0.1) is 13.8 Å². The van der Waals surface area contributed by atoms with Crippen LogP contribution in [0.3, 0.4) is 0 Å². The molecule has 0 spiro atoms. The molecule has 1 atom stereocenters. The van der Waals surface area contributed by atoms with Crippen molar-refractivity contribution in [2.45, 2.75) is 50.5 Å². The molecule has 1 aromatic rings. The Hall–Kier alpha value is -1.11. The van der Waals surface area contributed by atoms with Crippen LogP contribution in [-0.2, 0) is 10.0 Å². The average Bonchev–Trinajstić information content (AvgIpc) is 2.44. The normalized spacial score (nSPS) is 20.6. The van der Waals surface area contributed by atoms with Gasteiger partial charge in [0.2, 0.25) is 10.0 Å². The SMILES string of the molecule is Cc1ccc(N)c(S(=O)(=O)N2CCCCC2CCO)c1C. The fraction of sp³-hybridized carbons (Fsp3) is 0.600. The van der Waals surface area contributed by atoms with Crippen LogP contribution in [0.25, 0.3) is 0 Å². The molecule has 1 aliphatic rings. The molecular weight excluding hydrogens is 288 g/mol. The monoisotopic (exact) mass is 312 g/mol. The number of sulfonamides is 1. The molecule has 5 nitrogen and oxygen atoms in total. The molecule has 1 unspecified atom stereocenters. The summed E-state index contributed by atoms with van der Waals surface area (Å²) in [5.74, 6) is 0. The number of aliphatic hydroxyl groups is 1. The van der Waals surface area contributed by atoms with Crippen LogP contribution >= 0.6 is 0 Å². The number of aliphatic hydroxyl groups excluding tert-OH is 1. The van der Waals surface area contributed by atoms with Gasteiger partial charge in [0, 0.05) is 19.2 Å². The zero-order valence-corrected chi connectivity index (χ0v) is 13.5. The smallest absolute Gasteiger partial charge is 0.245 e. The molecule has 1 heterocycles. The van der Waals surface area contributed by atoms with Gasteiger partial charge in [0.05, 0.1) is 5.69 Å². The molecule has 1 aliphatic heterocycles. The summed E-state index contributed by atoms with van der Waals surface area (Å²) in [5.41, 5.74) is 7.87. The summed E-state index contributed by atoms with van der Waals surface area (Å²) in [5, 5.41) is 9.18. The molecule has 0 bridgehead atoms. The molecule has 6 heteroatoms. The number of nitrogens with two attached hydrogens (primary N) is 1. The maximum Gasteiger partial charge on any atom is 0.245 e. The predicted octanol–water partition coefficient (Wildman–Crippen LogP) is 1.81. The second-order valence-electron chi connectivity index (χ2n) is 5.70. The fourth-order valence-corrected chi connectivity index (χ4v) is 5.12. The van der Waals surface area contributed by atoms with Gasteiger partial charge < -0.3 is 10.8 Å². The average molecular weight is 312 g/mol.